The number of nitrogens with two attached hydrogens (primary N) is 1. The maximum Gasteiger partial charge on any atom is 0.0728 e. The molecular formula is C9H13N3O. The van der Waals surface area contributed by atoms with Crippen molar-refractivity contribution >= 4 is 5.69 Å². The van der Waals surface area contributed by atoms with Crippen molar-refractivity contribution in [3.63, 3.8) is 0 Å². The van der Waals surface area contributed by atoms with E-state index in [9.17, 15) is 0 Å². The van der Waals surface area contributed by atoms with Crippen LogP contribution in [0.15, 0.2) is 12.4 Å². The second-order valence-electron chi connectivity index (χ2n) is 3.31. The van der Waals surface area contributed by atoms with Crippen molar-refractivity contribution in [3.05, 3.63) is 18.0 Å². The lowest BCUT2D eigenvalue weighted by atomic mass is 10.1. The summed E-state index contributed by atoms with van der Waals surface area (Å²) in [6, 6.07) is 0. The van der Waals surface area contributed by atoms with E-state index in [4.69, 9.17) is 10.5 Å². The Hall–Kier alpha value is -1.16. The van der Waals surface area contributed by atoms with Crippen LogP contribution in [0.3, 0.4) is 0 Å². The van der Waals surface area contributed by atoms with Crippen LogP contribution in [0.4, 0.5) is 5.69 Å². The molecule has 1 unspecified atom stereocenters. The molecule has 1 atom stereocenters. The summed E-state index contributed by atoms with van der Waals surface area (Å²) in [7, 11) is 0. The number of nitrogen functional groups attached to an aromatic ring is 1. The first-order valence-corrected chi connectivity index (χ1v) is 4.53. The molecule has 0 spiro atoms. The molecule has 1 aliphatic rings. The Bertz CT molecular complexity index is 284. The van der Waals surface area contributed by atoms with E-state index in [1.54, 1.807) is 12.4 Å². The molecule has 13 heavy (non-hydrogen) atoms. The van der Waals surface area contributed by atoms with E-state index in [0.717, 1.165) is 31.4 Å². The number of hydrogen-bond donors (Lipinski definition) is 1. The predicted molar refractivity (Wildman–Crippen MR) is 49.1 cm³/mol. The molecule has 0 saturated carbocycles. The summed E-state index contributed by atoms with van der Waals surface area (Å²) in [6.45, 7) is 0.878. The van der Waals surface area contributed by atoms with Crippen LogP contribution in [0.25, 0.3) is 0 Å². The standard InChI is InChI=1S/C9H13N3O/c10-9-6-12-11-5-7(9)4-8-2-1-3-13-8/h5-6,8H,1-4H2,(H2,10,11). The highest BCUT2D eigenvalue weighted by Gasteiger charge is 2.16. The fourth-order valence-corrected chi connectivity index (χ4v) is 1.58. The van der Waals surface area contributed by atoms with Crippen molar-refractivity contribution in [1.82, 2.24) is 10.2 Å². The Morgan fingerprint density at radius 2 is 2.31 bits per heavy atom. The maximum atomic E-state index is 5.74. The molecular weight excluding hydrogens is 166 g/mol. The van der Waals surface area contributed by atoms with Crippen LogP contribution in [0.5, 0.6) is 0 Å². The van der Waals surface area contributed by atoms with Gasteiger partial charge in [-0.25, -0.2) is 0 Å². The van der Waals surface area contributed by atoms with Crippen LogP contribution in [0.2, 0.25) is 0 Å². The molecule has 70 valence electrons. The van der Waals surface area contributed by atoms with Crippen LogP contribution in [0.1, 0.15) is 18.4 Å². The minimum atomic E-state index is 0.325. The lowest BCUT2D eigenvalue weighted by Crippen LogP contribution is -2.11. The van der Waals surface area contributed by atoms with Gasteiger partial charge in [0.2, 0.25) is 0 Å². The third-order valence-electron chi connectivity index (χ3n) is 2.32. The summed E-state index contributed by atoms with van der Waals surface area (Å²) in [5.41, 5.74) is 7.50. The van der Waals surface area contributed by atoms with Gasteiger partial charge in [0, 0.05) is 13.0 Å². The number of aromatic nitrogens is 2. The molecule has 1 aromatic rings. The molecule has 4 nitrogen and oxygen atoms in total. The monoisotopic (exact) mass is 179 g/mol. The summed E-state index contributed by atoms with van der Waals surface area (Å²) in [4.78, 5) is 0. The third kappa shape index (κ3) is 1.95. The average molecular weight is 179 g/mol. The zero-order chi connectivity index (χ0) is 9.10. The molecule has 4 heteroatoms. The van der Waals surface area contributed by atoms with E-state index in [2.05, 4.69) is 10.2 Å². The van der Waals surface area contributed by atoms with Crippen molar-refractivity contribution in [2.24, 2.45) is 0 Å². The minimum Gasteiger partial charge on any atom is -0.397 e. The molecule has 0 amide bonds. The minimum absolute atomic E-state index is 0.325. The summed E-state index contributed by atoms with van der Waals surface area (Å²) in [6.07, 6.45) is 6.78. The zero-order valence-electron chi connectivity index (χ0n) is 7.44. The van der Waals surface area contributed by atoms with Crippen LogP contribution < -0.4 is 5.73 Å². The Balaban J connectivity index is 2.04. The normalized spacial score (nSPS) is 22.0. The average Bonchev–Trinajstić information content (AvgIpc) is 2.61. The topological polar surface area (TPSA) is 61.0 Å². The lowest BCUT2D eigenvalue weighted by Gasteiger charge is -2.09. The Morgan fingerprint density at radius 3 is 3.00 bits per heavy atom. The molecule has 1 aliphatic heterocycles. The van der Waals surface area contributed by atoms with Crippen molar-refractivity contribution in [1.29, 1.82) is 0 Å². The zero-order valence-corrected chi connectivity index (χ0v) is 7.44. The molecule has 0 radical (unpaired) electrons. The van der Waals surface area contributed by atoms with Crippen molar-refractivity contribution in [3.8, 4) is 0 Å². The largest absolute Gasteiger partial charge is 0.397 e. The smallest absolute Gasteiger partial charge is 0.0728 e. The fraction of sp³-hybridized carbons (Fsp3) is 0.556. The summed E-state index contributed by atoms with van der Waals surface area (Å²) in [5.74, 6) is 0. The quantitative estimate of drug-likeness (QED) is 0.728. The van der Waals surface area contributed by atoms with E-state index >= 15 is 0 Å². The van der Waals surface area contributed by atoms with Crippen LogP contribution in [0, 0.1) is 0 Å². The highest BCUT2D eigenvalue weighted by Crippen LogP contribution is 2.19. The van der Waals surface area contributed by atoms with E-state index in [1.165, 1.54) is 0 Å². The molecule has 2 N–H and O–H groups in total. The summed E-state index contributed by atoms with van der Waals surface area (Å²) >= 11 is 0. The number of hydrogen-bond acceptors (Lipinski definition) is 4. The molecule has 1 fully saturated rings. The van der Waals surface area contributed by atoms with Gasteiger partial charge in [0.1, 0.15) is 0 Å². The number of rotatable bonds is 2. The van der Waals surface area contributed by atoms with Gasteiger partial charge in [-0.2, -0.15) is 10.2 Å². The van der Waals surface area contributed by atoms with Gasteiger partial charge in [-0.05, 0) is 18.4 Å². The van der Waals surface area contributed by atoms with E-state index in [1.807, 2.05) is 0 Å². The first kappa shape index (κ1) is 8.44. The summed E-state index contributed by atoms with van der Waals surface area (Å²) < 4.78 is 5.51. The van der Waals surface area contributed by atoms with Gasteiger partial charge in [-0.15, -0.1) is 0 Å². The van der Waals surface area contributed by atoms with Crippen molar-refractivity contribution in [2.45, 2.75) is 25.4 Å². The molecule has 2 rings (SSSR count). The van der Waals surface area contributed by atoms with E-state index in [-0.39, 0.29) is 0 Å². The molecule has 0 aliphatic carbocycles. The Kier molecular flexibility index (Phi) is 2.40. The van der Waals surface area contributed by atoms with Crippen molar-refractivity contribution in [2.75, 3.05) is 12.3 Å². The second kappa shape index (κ2) is 3.70. The highest BCUT2D eigenvalue weighted by atomic mass is 16.5. The highest BCUT2D eigenvalue weighted by molar-refractivity contribution is 5.42. The first-order valence-electron chi connectivity index (χ1n) is 4.53. The number of ether oxygens (including phenoxy) is 1. The summed E-state index contributed by atoms with van der Waals surface area (Å²) in [5, 5.41) is 7.51. The second-order valence-corrected chi connectivity index (χ2v) is 3.31. The molecule has 1 saturated heterocycles. The Labute approximate surface area is 77.1 Å². The van der Waals surface area contributed by atoms with Gasteiger partial charge in [-0.1, -0.05) is 0 Å². The predicted octanol–water partition coefficient (Wildman–Crippen LogP) is 0.780. The third-order valence-corrected chi connectivity index (χ3v) is 2.32. The lowest BCUT2D eigenvalue weighted by molar-refractivity contribution is 0.111. The van der Waals surface area contributed by atoms with Gasteiger partial charge in [0.25, 0.3) is 0 Å². The van der Waals surface area contributed by atoms with E-state index in [0.29, 0.717) is 11.8 Å². The molecule has 2 heterocycles. The first-order chi connectivity index (χ1) is 6.36. The molecule has 0 aromatic carbocycles. The van der Waals surface area contributed by atoms with Crippen LogP contribution >= 0.6 is 0 Å². The van der Waals surface area contributed by atoms with E-state index < -0.39 is 0 Å². The van der Waals surface area contributed by atoms with Crippen LogP contribution in [-0.4, -0.2) is 22.9 Å². The number of anilines is 1. The van der Waals surface area contributed by atoms with Gasteiger partial charge < -0.3 is 10.5 Å². The maximum absolute atomic E-state index is 5.74. The van der Waals surface area contributed by atoms with Crippen molar-refractivity contribution < 1.29 is 4.74 Å². The molecule has 0 bridgehead atoms. The SMILES string of the molecule is Nc1cnncc1CC1CCCO1. The van der Waals surface area contributed by atoms with Crippen LogP contribution in [-0.2, 0) is 11.2 Å². The van der Waals surface area contributed by atoms with Gasteiger partial charge in [0.05, 0.1) is 24.2 Å². The van der Waals surface area contributed by atoms with Gasteiger partial charge >= 0.3 is 0 Å². The van der Waals surface area contributed by atoms with Gasteiger partial charge in [0.15, 0.2) is 0 Å². The van der Waals surface area contributed by atoms with Gasteiger partial charge in [-0.3, -0.25) is 0 Å². The fourth-order valence-electron chi connectivity index (χ4n) is 1.58. The Morgan fingerprint density at radius 1 is 1.46 bits per heavy atom. The molecule has 1 aromatic heterocycles. The number of nitrogens with zero attached hydrogens (tertiary/aromatic N) is 2.